The minimum absolute atomic E-state index is 0.195. The monoisotopic (exact) mass is 436 g/mol. The van der Waals surface area contributed by atoms with Gasteiger partial charge in [-0.3, -0.25) is 4.79 Å². The summed E-state index contributed by atoms with van der Waals surface area (Å²) in [4.78, 5) is 17.3. The molecule has 0 spiro atoms. The Morgan fingerprint density at radius 3 is 2.52 bits per heavy atom. The van der Waals surface area contributed by atoms with E-state index >= 15 is 0 Å². The van der Waals surface area contributed by atoms with Crippen LogP contribution in [0.4, 0.5) is 11.4 Å². The predicted octanol–water partition coefficient (Wildman–Crippen LogP) is 2.50. The number of benzene rings is 1. The molecule has 3 rings (SSSR count). The molecule has 1 aromatic carbocycles. The summed E-state index contributed by atoms with van der Waals surface area (Å²) in [5.41, 5.74) is 2.78. The molecule has 7 nitrogen and oxygen atoms in total. The zero-order valence-electron chi connectivity index (χ0n) is 17.0. The number of amides is 1. The van der Waals surface area contributed by atoms with Crippen molar-refractivity contribution in [2.75, 3.05) is 42.9 Å². The third-order valence-electron chi connectivity index (χ3n) is 5.14. The Morgan fingerprint density at radius 1 is 1.21 bits per heavy atom. The van der Waals surface area contributed by atoms with Crippen molar-refractivity contribution < 1.29 is 13.2 Å². The van der Waals surface area contributed by atoms with E-state index in [1.165, 1.54) is 13.0 Å². The molecule has 9 heteroatoms. The van der Waals surface area contributed by atoms with Gasteiger partial charge in [0.1, 0.15) is 4.21 Å². The molecule has 29 heavy (non-hydrogen) atoms. The van der Waals surface area contributed by atoms with Crippen molar-refractivity contribution in [3.63, 3.8) is 0 Å². The number of carbonyl (C=O) groups excluding carboxylic acids is 1. The number of piperazine rings is 1. The van der Waals surface area contributed by atoms with Crippen molar-refractivity contribution in [2.45, 2.75) is 31.0 Å². The van der Waals surface area contributed by atoms with E-state index in [2.05, 4.69) is 32.8 Å². The van der Waals surface area contributed by atoms with E-state index in [1.807, 2.05) is 19.1 Å². The van der Waals surface area contributed by atoms with Crippen LogP contribution in [0.3, 0.4) is 0 Å². The number of hydrogen-bond donors (Lipinski definition) is 2. The number of nitrogens with one attached hydrogen (secondary N) is 2. The van der Waals surface area contributed by atoms with Gasteiger partial charge in [-0.15, -0.1) is 11.3 Å². The Kier molecular flexibility index (Phi) is 6.94. The molecule has 2 aromatic rings. The first kappa shape index (κ1) is 21.8. The number of anilines is 2. The molecule has 1 atom stereocenters. The molecule has 158 valence electrons. The average molecular weight is 437 g/mol. The third kappa shape index (κ3) is 5.36. The Hall–Kier alpha value is -1.94. The molecule has 0 saturated carbocycles. The number of carbonyl (C=O) groups is 1. The summed E-state index contributed by atoms with van der Waals surface area (Å²) in [5.74, 6) is -0.391. The molecule has 1 aliphatic heterocycles. The summed E-state index contributed by atoms with van der Waals surface area (Å²) in [6.45, 7) is 10.8. The lowest BCUT2D eigenvalue weighted by atomic mass is 10.1. The van der Waals surface area contributed by atoms with Gasteiger partial charge in [-0.1, -0.05) is 13.0 Å². The minimum Gasteiger partial charge on any atom is -0.369 e. The molecular formula is C20H28N4O3S2. The van der Waals surface area contributed by atoms with E-state index in [1.54, 1.807) is 11.4 Å². The van der Waals surface area contributed by atoms with Crippen LogP contribution >= 0.6 is 11.3 Å². The van der Waals surface area contributed by atoms with Gasteiger partial charge >= 0.3 is 0 Å². The summed E-state index contributed by atoms with van der Waals surface area (Å²) in [7, 11) is -3.69. The maximum Gasteiger partial charge on any atom is 0.250 e. The van der Waals surface area contributed by atoms with E-state index in [9.17, 15) is 13.2 Å². The first-order valence-corrected chi connectivity index (χ1v) is 12.1. The number of sulfonamides is 1. The second-order valence-corrected chi connectivity index (χ2v) is 10.1. The second-order valence-electron chi connectivity index (χ2n) is 7.18. The van der Waals surface area contributed by atoms with Gasteiger partial charge < -0.3 is 15.1 Å². The van der Waals surface area contributed by atoms with Crippen LogP contribution in [0.1, 0.15) is 19.4 Å². The first-order valence-electron chi connectivity index (χ1n) is 9.75. The predicted molar refractivity (Wildman–Crippen MR) is 118 cm³/mol. The largest absolute Gasteiger partial charge is 0.369 e. The van der Waals surface area contributed by atoms with Crippen molar-refractivity contribution in [3.05, 3.63) is 41.3 Å². The fourth-order valence-electron chi connectivity index (χ4n) is 3.31. The minimum atomic E-state index is -3.69. The number of thiophene rings is 1. The van der Waals surface area contributed by atoms with Gasteiger partial charge in [0.25, 0.3) is 10.0 Å². The standard InChI is InChI=1S/C20H28N4O3S2/c1-4-23-9-11-24(12-10-23)17-7-8-18(15(2)14-17)21-20(25)16(3)22-29(26,27)19-6-5-13-28-19/h5-8,13-14,16,22H,4,9-12H2,1-3H3,(H,21,25). The van der Waals surface area contributed by atoms with Crippen LogP contribution in [0.25, 0.3) is 0 Å². The fraction of sp³-hybridized carbons (Fsp3) is 0.450. The van der Waals surface area contributed by atoms with E-state index in [0.29, 0.717) is 5.69 Å². The highest BCUT2D eigenvalue weighted by atomic mass is 32.2. The average Bonchev–Trinajstić information content (AvgIpc) is 3.25. The normalized spacial score (nSPS) is 16.6. The molecule has 2 heterocycles. The van der Waals surface area contributed by atoms with Crippen molar-refractivity contribution >= 4 is 38.6 Å². The highest BCUT2D eigenvalue weighted by molar-refractivity contribution is 7.91. The van der Waals surface area contributed by atoms with Gasteiger partial charge in [-0.25, -0.2) is 8.42 Å². The molecule has 1 fully saturated rings. The Bertz CT molecular complexity index is 937. The van der Waals surface area contributed by atoms with Gasteiger partial charge in [0.2, 0.25) is 5.91 Å². The topological polar surface area (TPSA) is 81.8 Å². The summed E-state index contributed by atoms with van der Waals surface area (Å²) in [5, 5.41) is 4.52. The maximum absolute atomic E-state index is 12.5. The van der Waals surface area contributed by atoms with Crippen molar-refractivity contribution in [1.82, 2.24) is 9.62 Å². The summed E-state index contributed by atoms with van der Waals surface area (Å²) in [6, 6.07) is 8.25. The highest BCUT2D eigenvalue weighted by Gasteiger charge is 2.23. The van der Waals surface area contributed by atoms with Crippen LogP contribution in [0, 0.1) is 6.92 Å². The Morgan fingerprint density at radius 2 is 1.93 bits per heavy atom. The molecular weight excluding hydrogens is 408 g/mol. The van der Waals surface area contributed by atoms with Crippen LogP contribution in [0.15, 0.2) is 39.9 Å². The third-order valence-corrected chi connectivity index (χ3v) is 8.08. The zero-order valence-corrected chi connectivity index (χ0v) is 18.6. The van der Waals surface area contributed by atoms with E-state index in [-0.39, 0.29) is 4.21 Å². The van der Waals surface area contributed by atoms with Gasteiger partial charge in [0, 0.05) is 37.6 Å². The molecule has 1 unspecified atom stereocenters. The lowest BCUT2D eigenvalue weighted by molar-refractivity contribution is -0.117. The van der Waals surface area contributed by atoms with Gasteiger partial charge in [-0.2, -0.15) is 4.72 Å². The number of likely N-dealkylation sites (N-methyl/N-ethyl adjacent to an activating group) is 1. The summed E-state index contributed by atoms with van der Waals surface area (Å²) in [6.07, 6.45) is 0. The molecule has 1 aromatic heterocycles. The maximum atomic E-state index is 12.5. The smallest absolute Gasteiger partial charge is 0.250 e. The molecule has 0 radical (unpaired) electrons. The van der Waals surface area contributed by atoms with E-state index in [4.69, 9.17) is 0 Å². The number of rotatable bonds is 7. The molecule has 1 saturated heterocycles. The van der Waals surface area contributed by atoms with Crippen LogP contribution in [0.5, 0.6) is 0 Å². The quantitative estimate of drug-likeness (QED) is 0.697. The molecule has 2 N–H and O–H groups in total. The zero-order chi connectivity index (χ0) is 21.0. The lowest BCUT2D eigenvalue weighted by Gasteiger charge is -2.35. The van der Waals surface area contributed by atoms with Gasteiger partial charge in [-0.05, 0) is 55.6 Å². The number of hydrogen-bond acceptors (Lipinski definition) is 6. The summed E-state index contributed by atoms with van der Waals surface area (Å²) < 4.78 is 27.2. The first-order chi connectivity index (χ1) is 13.8. The van der Waals surface area contributed by atoms with Crippen LogP contribution in [-0.4, -0.2) is 58.0 Å². The molecule has 1 amide bonds. The molecule has 0 aliphatic carbocycles. The van der Waals surface area contributed by atoms with Crippen LogP contribution in [-0.2, 0) is 14.8 Å². The van der Waals surface area contributed by atoms with Gasteiger partial charge in [0.15, 0.2) is 0 Å². The van der Waals surface area contributed by atoms with Crippen LogP contribution < -0.4 is 14.9 Å². The lowest BCUT2D eigenvalue weighted by Crippen LogP contribution is -2.46. The Labute approximate surface area is 176 Å². The number of aryl methyl sites for hydroxylation is 1. The van der Waals surface area contributed by atoms with Gasteiger partial charge in [0.05, 0.1) is 6.04 Å². The Balaban J connectivity index is 1.62. The van der Waals surface area contributed by atoms with Crippen molar-refractivity contribution in [1.29, 1.82) is 0 Å². The number of nitrogens with zero attached hydrogens (tertiary/aromatic N) is 2. The molecule has 0 bridgehead atoms. The summed E-state index contributed by atoms with van der Waals surface area (Å²) >= 11 is 1.12. The SMILES string of the molecule is CCN1CCN(c2ccc(NC(=O)C(C)NS(=O)(=O)c3cccs3)c(C)c2)CC1. The second kappa shape index (κ2) is 9.25. The highest BCUT2D eigenvalue weighted by Crippen LogP contribution is 2.24. The molecule has 1 aliphatic rings. The fourth-order valence-corrected chi connectivity index (χ4v) is 5.52. The van der Waals surface area contributed by atoms with Crippen molar-refractivity contribution in [2.24, 2.45) is 0 Å². The van der Waals surface area contributed by atoms with E-state index in [0.717, 1.165) is 55.3 Å². The van der Waals surface area contributed by atoms with Crippen molar-refractivity contribution in [3.8, 4) is 0 Å². The van der Waals surface area contributed by atoms with Crippen LogP contribution in [0.2, 0.25) is 0 Å². The van der Waals surface area contributed by atoms with E-state index < -0.39 is 22.0 Å².